The highest BCUT2D eigenvalue weighted by atomic mass is 14.7. The van der Waals surface area contributed by atoms with Gasteiger partial charge in [-0.25, -0.2) is 0 Å². The second-order valence-corrected chi connectivity index (χ2v) is 2.97. The fourth-order valence-electron chi connectivity index (χ4n) is 1.09. The molecule has 1 aliphatic carbocycles. The maximum absolute atomic E-state index is 4.28. The largest absolute Gasteiger partial charge is 0.293 e. The molecule has 11 heavy (non-hydrogen) atoms. The molecular formula is C10H15N. The van der Waals surface area contributed by atoms with E-state index in [0.717, 1.165) is 19.4 Å². The first-order valence-corrected chi connectivity index (χ1v) is 4.19. The van der Waals surface area contributed by atoms with Crippen molar-refractivity contribution in [3.63, 3.8) is 0 Å². The van der Waals surface area contributed by atoms with Crippen LogP contribution < -0.4 is 0 Å². The molecule has 0 unspecified atom stereocenters. The number of hydrogen-bond acceptors (Lipinski definition) is 1. The third-order valence-corrected chi connectivity index (χ3v) is 1.67. The first kappa shape index (κ1) is 8.25. The molecule has 0 aromatic carbocycles. The SMILES string of the molecule is CCCN=CC1=CC=C(C)C1. The van der Waals surface area contributed by atoms with E-state index in [9.17, 15) is 0 Å². The highest BCUT2D eigenvalue weighted by Gasteiger charge is 1.99. The molecule has 0 heterocycles. The van der Waals surface area contributed by atoms with Gasteiger partial charge in [-0.2, -0.15) is 0 Å². The normalized spacial score (nSPS) is 17.3. The molecule has 0 aliphatic heterocycles. The molecule has 60 valence electrons. The minimum atomic E-state index is 0.955. The van der Waals surface area contributed by atoms with Crippen LogP contribution >= 0.6 is 0 Å². The Balaban J connectivity index is 2.31. The van der Waals surface area contributed by atoms with Gasteiger partial charge in [-0.15, -0.1) is 0 Å². The van der Waals surface area contributed by atoms with Crippen LogP contribution in [0, 0.1) is 0 Å². The van der Waals surface area contributed by atoms with Gasteiger partial charge in [-0.3, -0.25) is 4.99 Å². The molecule has 0 radical (unpaired) electrons. The Hall–Kier alpha value is -0.850. The average molecular weight is 149 g/mol. The van der Waals surface area contributed by atoms with Crippen LogP contribution in [0.1, 0.15) is 26.7 Å². The Morgan fingerprint density at radius 1 is 1.55 bits per heavy atom. The number of nitrogens with zero attached hydrogens (tertiary/aromatic N) is 1. The fourth-order valence-corrected chi connectivity index (χ4v) is 1.09. The quantitative estimate of drug-likeness (QED) is 0.547. The summed E-state index contributed by atoms with van der Waals surface area (Å²) in [6, 6.07) is 0. The van der Waals surface area contributed by atoms with E-state index in [-0.39, 0.29) is 0 Å². The van der Waals surface area contributed by atoms with E-state index in [2.05, 4.69) is 31.0 Å². The van der Waals surface area contributed by atoms with Crippen LogP contribution in [0.5, 0.6) is 0 Å². The summed E-state index contributed by atoms with van der Waals surface area (Å²) >= 11 is 0. The lowest BCUT2D eigenvalue weighted by Crippen LogP contribution is -1.83. The van der Waals surface area contributed by atoms with Crippen LogP contribution in [-0.4, -0.2) is 12.8 Å². The first-order chi connectivity index (χ1) is 5.33. The van der Waals surface area contributed by atoms with Crippen LogP contribution in [0.2, 0.25) is 0 Å². The predicted octanol–water partition coefficient (Wildman–Crippen LogP) is 2.74. The molecule has 0 saturated heterocycles. The lowest BCUT2D eigenvalue weighted by atomic mass is 10.2. The molecular weight excluding hydrogens is 134 g/mol. The van der Waals surface area contributed by atoms with Gasteiger partial charge in [-0.05, 0) is 25.3 Å². The van der Waals surface area contributed by atoms with Gasteiger partial charge in [0.1, 0.15) is 0 Å². The molecule has 0 amide bonds. The Labute approximate surface area is 68.5 Å². The topological polar surface area (TPSA) is 12.4 Å². The molecule has 1 rings (SSSR count). The Morgan fingerprint density at radius 2 is 2.36 bits per heavy atom. The molecule has 0 saturated carbocycles. The van der Waals surface area contributed by atoms with Crippen LogP contribution in [0.4, 0.5) is 0 Å². The van der Waals surface area contributed by atoms with Crippen molar-refractivity contribution >= 4 is 6.21 Å². The summed E-state index contributed by atoms with van der Waals surface area (Å²) in [4.78, 5) is 4.28. The molecule has 0 bridgehead atoms. The van der Waals surface area contributed by atoms with Crippen molar-refractivity contribution in [1.82, 2.24) is 0 Å². The van der Waals surface area contributed by atoms with E-state index in [1.165, 1.54) is 11.1 Å². The molecule has 1 aliphatic rings. The van der Waals surface area contributed by atoms with Gasteiger partial charge in [0.15, 0.2) is 0 Å². The third kappa shape index (κ3) is 2.71. The van der Waals surface area contributed by atoms with Crippen molar-refractivity contribution in [2.24, 2.45) is 4.99 Å². The predicted molar refractivity (Wildman–Crippen MR) is 50.1 cm³/mol. The first-order valence-electron chi connectivity index (χ1n) is 4.19. The molecule has 0 atom stereocenters. The van der Waals surface area contributed by atoms with Crippen molar-refractivity contribution in [2.75, 3.05) is 6.54 Å². The lowest BCUT2D eigenvalue weighted by Gasteiger charge is -1.92. The fraction of sp³-hybridized carbons (Fsp3) is 0.500. The van der Waals surface area contributed by atoms with Gasteiger partial charge < -0.3 is 0 Å². The Kier molecular flexibility index (Phi) is 3.09. The molecule has 0 spiro atoms. The molecule has 0 fully saturated rings. The van der Waals surface area contributed by atoms with Crippen LogP contribution in [0.3, 0.4) is 0 Å². The maximum atomic E-state index is 4.28. The maximum Gasteiger partial charge on any atom is 0.0386 e. The molecule has 0 aromatic rings. The van der Waals surface area contributed by atoms with E-state index < -0.39 is 0 Å². The second kappa shape index (κ2) is 4.12. The zero-order valence-electron chi connectivity index (χ0n) is 7.30. The second-order valence-electron chi connectivity index (χ2n) is 2.97. The van der Waals surface area contributed by atoms with E-state index in [1.54, 1.807) is 0 Å². The van der Waals surface area contributed by atoms with Crippen molar-refractivity contribution in [3.8, 4) is 0 Å². The number of aliphatic imine (C=N–C) groups is 1. The summed E-state index contributed by atoms with van der Waals surface area (Å²) in [5, 5.41) is 0. The molecule has 0 N–H and O–H groups in total. The summed E-state index contributed by atoms with van der Waals surface area (Å²) in [6.45, 7) is 5.25. The van der Waals surface area contributed by atoms with Crippen molar-refractivity contribution in [2.45, 2.75) is 26.7 Å². The van der Waals surface area contributed by atoms with Gasteiger partial charge in [0.2, 0.25) is 0 Å². The zero-order valence-corrected chi connectivity index (χ0v) is 7.30. The molecule has 0 aromatic heterocycles. The van der Waals surface area contributed by atoms with Gasteiger partial charge >= 0.3 is 0 Å². The smallest absolute Gasteiger partial charge is 0.0386 e. The standard InChI is InChI=1S/C10H15N/c1-3-6-11-8-10-5-4-9(2)7-10/h4-5,8H,3,6-7H2,1-2H3. The number of allylic oxidation sites excluding steroid dienone is 4. The monoisotopic (exact) mass is 149 g/mol. The summed E-state index contributed by atoms with van der Waals surface area (Å²) in [5.74, 6) is 0. The summed E-state index contributed by atoms with van der Waals surface area (Å²) in [6.07, 6.45) is 8.53. The Bertz CT molecular complexity index is 209. The number of rotatable bonds is 3. The number of hydrogen-bond donors (Lipinski definition) is 0. The van der Waals surface area contributed by atoms with Crippen LogP contribution in [0.15, 0.2) is 28.3 Å². The van der Waals surface area contributed by atoms with E-state index >= 15 is 0 Å². The van der Waals surface area contributed by atoms with Gasteiger partial charge in [0.05, 0.1) is 0 Å². The lowest BCUT2D eigenvalue weighted by molar-refractivity contribution is 0.935. The minimum Gasteiger partial charge on any atom is -0.293 e. The van der Waals surface area contributed by atoms with Crippen LogP contribution in [0.25, 0.3) is 0 Å². The van der Waals surface area contributed by atoms with Crippen molar-refractivity contribution < 1.29 is 0 Å². The minimum absolute atomic E-state index is 0.955. The van der Waals surface area contributed by atoms with E-state index in [1.807, 2.05) is 6.21 Å². The van der Waals surface area contributed by atoms with Gasteiger partial charge in [0.25, 0.3) is 0 Å². The zero-order chi connectivity index (χ0) is 8.10. The van der Waals surface area contributed by atoms with Gasteiger partial charge in [0, 0.05) is 12.8 Å². The Morgan fingerprint density at radius 3 is 2.91 bits per heavy atom. The highest BCUT2D eigenvalue weighted by Crippen LogP contribution is 2.15. The van der Waals surface area contributed by atoms with E-state index in [4.69, 9.17) is 0 Å². The molecule has 1 nitrogen and oxygen atoms in total. The summed E-state index contributed by atoms with van der Waals surface area (Å²) in [7, 11) is 0. The third-order valence-electron chi connectivity index (χ3n) is 1.67. The van der Waals surface area contributed by atoms with Gasteiger partial charge in [-0.1, -0.05) is 24.6 Å². The van der Waals surface area contributed by atoms with Crippen molar-refractivity contribution in [3.05, 3.63) is 23.3 Å². The van der Waals surface area contributed by atoms with Crippen molar-refractivity contribution in [1.29, 1.82) is 0 Å². The summed E-state index contributed by atoms with van der Waals surface area (Å²) < 4.78 is 0. The van der Waals surface area contributed by atoms with E-state index in [0.29, 0.717) is 0 Å². The average Bonchev–Trinajstić information content (AvgIpc) is 2.37. The molecule has 1 heteroatoms. The van der Waals surface area contributed by atoms with Crippen LogP contribution in [-0.2, 0) is 0 Å². The summed E-state index contributed by atoms with van der Waals surface area (Å²) in [5.41, 5.74) is 2.78. The highest BCUT2D eigenvalue weighted by molar-refractivity contribution is 5.80.